The van der Waals surface area contributed by atoms with Crippen LogP contribution in [0.3, 0.4) is 0 Å². The van der Waals surface area contributed by atoms with Gasteiger partial charge in [-0.25, -0.2) is 0 Å². The highest BCUT2D eigenvalue weighted by Gasteiger charge is 2.53. The Morgan fingerprint density at radius 3 is 2.31 bits per heavy atom. The van der Waals surface area contributed by atoms with Gasteiger partial charge in [0.05, 0.1) is 0 Å². The third-order valence-electron chi connectivity index (χ3n) is 9.20. The summed E-state index contributed by atoms with van der Waals surface area (Å²) >= 11 is 0. The molecular weight excluding hydrogens is 312 g/mol. The van der Waals surface area contributed by atoms with Crippen molar-refractivity contribution in [2.45, 2.75) is 124 Å². The molecule has 3 fully saturated rings. The maximum absolute atomic E-state index is 2.73. The molecule has 6 unspecified atom stereocenters. The third-order valence-corrected chi connectivity index (χ3v) is 9.20. The Morgan fingerprint density at radius 2 is 1.54 bits per heavy atom. The van der Waals surface area contributed by atoms with Gasteiger partial charge in [0.1, 0.15) is 0 Å². The van der Waals surface area contributed by atoms with Gasteiger partial charge < -0.3 is 0 Å². The maximum atomic E-state index is 2.73. The lowest BCUT2D eigenvalue weighted by molar-refractivity contribution is -0.0167. The highest BCUT2D eigenvalue weighted by Crippen LogP contribution is 2.62. The molecule has 3 saturated carbocycles. The molecular formula is C26H48. The van der Waals surface area contributed by atoms with E-state index < -0.39 is 0 Å². The molecule has 3 aliphatic rings. The van der Waals surface area contributed by atoms with Crippen molar-refractivity contribution in [3.05, 3.63) is 0 Å². The van der Waals surface area contributed by atoms with Crippen molar-refractivity contribution in [3.63, 3.8) is 0 Å². The number of rotatable bonds is 5. The minimum atomic E-state index is 0.697. The quantitative estimate of drug-likeness (QED) is 0.430. The topological polar surface area (TPSA) is 0 Å². The zero-order chi connectivity index (χ0) is 18.6. The molecule has 3 rings (SSSR count). The molecule has 3 aliphatic carbocycles. The van der Waals surface area contributed by atoms with E-state index in [9.17, 15) is 0 Å². The molecule has 0 bridgehead atoms. The lowest BCUT2D eigenvalue weighted by Crippen LogP contribution is -2.43. The van der Waals surface area contributed by atoms with Gasteiger partial charge in [0.2, 0.25) is 0 Å². The Bertz CT molecular complexity index is 410. The van der Waals surface area contributed by atoms with Gasteiger partial charge in [0.25, 0.3) is 0 Å². The van der Waals surface area contributed by atoms with Gasteiger partial charge in [-0.15, -0.1) is 0 Å². The van der Waals surface area contributed by atoms with E-state index in [0.717, 1.165) is 35.5 Å². The first-order valence-electron chi connectivity index (χ1n) is 12.5. The molecule has 152 valence electrons. The van der Waals surface area contributed by atoms with Crippen LogP contribution in [0.5, 0.6) is 0 Å². The van der Waals surface area contributed by atoms with Gasteiger partial charge in [-0.05, 0) is 79.4 Å². The Kier molecular flexibility index (Phi) is 7.55. The van der Waals surface area contributed by atoms with Crippen molar-refractivity contribution in [2.75, 3.05) is 0 Å². The first kappa shape index (κ1) is 20.7. The molecule has 0 amide bonds. The standard InChI is InChI=1S/C26H48/c1-20(2)12-10-11-14-22-16-17-25-24-15-9-7-5-6-8-13-21(3)23(24)18-19-26(22,25)4/h20-25H,5-19H2,1-4H3. The molecule has 0 aromatic rings. The summed E-state index contributed by atoms with van der Waals surface area (Å²) in [4.78, 5) is 0. The zero-order valence-corrected chi connectivity index (χ0v) is 18.6. The monoisotopic (exact) mass is 360 g/mol. The van der Waals surface area contributed by atoms with Crippen molar-refractivity contribution in [2.24, 2.45) is 40.9 Å². The van der Waals surface area contributed by atoms with Crippen LogP contribution in [-0.4, -0.2) is 0 Å². The lowest BCUT2D eigenvalue weighted by atomic mass is 9.54. The molecule has 0 aromatic carbocycles. The summed E-state index contributed by atoms with van der Waals surface area (Å²) in [5.41, 5.74) is 0.697. The summed E-state index contributed by atoms with van der Waals surface area (Å²) in [5.74, 6) is 6.13. The molecule has 0 spiro atoms. The molecule has 0 radical (unpaired) electrons. The molecule has 0 nitrogen and oxygen atoms in total. The summed E-state index contributed by atoms with van der Waals surface area (Å²) in [6.07, 6.45) is 22.8. The summed E-state index contributed by atoms with van der Waals surface area (Å²) < 4.78 is 0. The van der Waals surface area contributed by atoms with E-state index in [1.54, 1.807) is 32.1 Å². The zero-order valence-electron chi connectivity index (χ0n) is 18.6. The first-order valence-corrected chi connectivity index (χ1v) is 12.5. The van der Waals surface area contributed by atoms with Crippen molar-refractivity contribution >= 4 is 0 Å². The Morgan fingerprint density at radius 1 is 0.808 bits per heavy atom. The number of unbranched alkanes of at least 4 members (excludes halogenated alkanes) is 1. The van der Waals surface area contributed by atoms with Crippen LogP contribution in [0, 0.1) is 40.9 Å². The molecule has 0 saturated heterocycles. The van der Waals surface area contributed by atoms with Gasteiger partial charge in [-0.1, -0.05) is 85.5 Å². The third kappa shape index (κ3) is 4.70. The SMILES string of the molecule is CC(C)CCCCC1CCC2C3CCCCCCCC(C)C3CCC12C. The van der Waals surface area contributed by atoms with Crippen LogP contribution < -0.4 is 0 Å². The minimum absolute atomic E-state index is 0.697. The average Bonchev–Trinajstić information content (AvgIpc) is 2.94. The summed E-state index contributed by atoms with van der Waals surface area (Å²) in [6.45, 7) is 10.1. The molecule has 0 heterocycles. The second-order valence-electron chi connectivity index (χ2n) is 11.3. The lowest BCUT2D eigenvalue weighted by Gasteiger charge is -2.51. The molecule has 0 N–H and O–H groups in total. The second-order valence-corrected chi connectivity index (χ2v) is 11.3. The largest absolute Gasteiger partial charge is 0.0628 e. The minimum Gasteiger partial charge on any atom is -0.0628 e. The molecule has 0 heteroatoms. The fourth-order valence-corrected chi connectivity index (χ4v) is 7.56. The van der Waals surface area contributed by atoms with Crippen LogP contribution in [0.1, 0.15) is 124 Å². The number of hydrogen-bond acceptors (Lipinski definition) is 0. The maximum Gasteiger partial charge on any atom is -0.0266 e. The van der Waals surface area contributed by atoms with Gasteiger partial charge >= 0.3 is 0 Å². The number of fused-ring (bicyclic) bond motifs is 3. The summed E-state index contributed by atoms with van der Waals surface area (Å²) in [6, 6.07) is 0. The van der Waals surface area contributed by atoms with Crippen LogP contribution in [0.2, 0.25) is 0 Å². The smallest absolute Gasteiger partial charge is 0.0266 e. The fourth-order valence-electron chi connectivity index (χ4n) is 7.56. The van der Waals surface area contributed by atoms with E-state index >= 15 is 0 Å². The second kappa shape index (κ2) is 9.47. The van der Waals surface area contributed by atoms with E-state index in [1.165, 1.54) is 64.2 Å². The van der Waals surface area contributed by atoms with Gasteiger partial charge in [0.15, 0.2) is 0 Å². The van der Waals surface area contributed by atoms with Crippen molar-refractivity contribution < 1.29 is 0 Å². The Hall–Kier alpha value is 0. The van der Waals surface area contributed by atoms with E-state index in [1.807, 2.05) is 0 Å². The van der Waals surface area contributed by atoms with Crippen LogP contribution >= 0.6 is 0 Å². The average molecular weight is 361 g/mol. The van der Waals surface area contributed by atoms with E-state index in [2.05, 4.69) is 27.7 Å². The molecule has 6 atom stereocenters. The highest BCUT2D eigenvalue weighted by molar-refractivity contribution is 5.03. The fraction of sp³-hybridized carbons (Fsp3) is 1.00. The molecule has 0 aromatic heterocycles. The van der Waals surface area contributed by atoms with Crippen LogP contribution in [0.4, 0.5) is 0 Å². The summed E-state index contributed by atoms with van der Waals surface area (Å²) in [7, 11) is 0. The van der Waals surface area contributed by atoms with E-state index in [4.69, 9.17) is 0 Å². The predicted molar refractivity (Wildman–Crippen MR) is 115 cm³/mol. The first-order chi connectivity index (χ1) is 12.5. The van der Waals surface area contributed by atoms with Crippen molar-refractivity contribution in [3.8, 4) is 0 Å². The van der Waals surface area contributed by atoms with Gasteiger partial charge in [-0.3, -0.25) is 0 Å². The predicted octanol–water partition coefficient (Wildman–Crippen LogP) is 8.64. The van der Waals surface area contributed by atoms with Crippen molar-refractivity contribution in [1.82, 2.24) is 0 Å². The van der Waals surface area contributed by atoms with Crippen LogP contribution in [0.25, 0.3) is 0 Å². The molecule has 0 aliphatic heterocycles. The van der Waals surface area contributed by atoms with Gasteiger partial charge in [0, 0.05) is 0 Å². The van der Waals surface area contributed by atoms with Crippen molar-refractivity contribution in [1.29, 1.82) is 0 Å². The van der Waals surface area contributed by atoms with Crippen LogP contribution in [0.15, 0.2) is 0 Å². The van der Waals surface area contributed by atoms with E-state index in [0.29, 0.717) is 5.41 Å². The Labute approximate surface area is 165 Å². The van der Waals surface area contributed by atoms with E-state index in [-0.39, 0.29) is 0 Å². The van der Waals surface area contributed by atoms with Gasteiger partial charge in [-0.2, -0.15) is 0 Å². The highest BCUT2D eigenvalue weighted by atomic mass is 14.6. The Balaban J connectivity index is 1.63. The van der Waals surface area contributed by atoms with Crippen LogP contribution in [-0.2, 0) is 0 Å². The molecule has 26 heavy (non-hydrogen) atoms. The summed E-state index contributed by atoms with van der Waals surface area (Å²) in [5, 5.41) is 0. The number of hydrogen-bond donors (Lipinski definition) is 0. The normalized spacial score (nSPS) is 41.7.